The number of benzene rings is 1. The van der Waals surface area contributed by atoms with Crippen molar-refractivity contribution < 1.29 is 39.0 Å². The number of aromatic amines is 1. The van der Waals surface area contributed by atoms with Gasteiger partial charge in [-0.3, -0.25) is 24.0 Å². The molecule has 1 aromatic heterocycles. The number of hydrogen-bond acceptors (Lipinski definition) is 7. The highest BCUT2D eigenvalue weighted by Crippen LogP contribution is 2.19. The van der Waals surface area contributed by atoms with Gasteiger partial charge in [0.15, 0.2) is 0 Å². The Bertz CT molecular complexity index is 1230. The lowest BCUT2D eigenvalue weighted by atomic mass is 9.98. The van der Waals surface area contributed by atoms with E-state index in [0.717, 1.165) is 10.9 Å². The molecule has 0 aliphatic carbocycles. The Kier molecular flexibility index (Phi) is 11.0. The third-order valence-corrected chi connectivity index (χ3v) is 6.32. The molecule has 5 atom stereocenters. The molecule has 0 saturated carbocycles. The van der Waals surface area contributed by atoms with Gasteiger partial charge in [0.2, 0.25) is 23.6 Å². The zero-order valence-electron chi connectivity index (χ0n) is 21.6. The molecule has 1 aromatic carbocycles. The monoisotopic (exact) mass is 546 g/mol. The number of amides is 4. The van der Waals surface area contributed by atoms with Gasteiger partial charge in [0, 0.05) is 23.5 Å². The Labute approximate surface area is 223 Å². The summed E-state index contributed by atoms with van der Waals surface area (Å²) in [5.41, 5.74) is 12.7. The molecule has 10 N–H and O–H groups in total. The number of carboxylic acids is 2. The second kappa shape index (κ2) is 13.9. The van der Waals surface area contributed by atoms with Crippen molar-refractivity contribution in [3.8, 4) is 0 Å². The molecule has 0 radical (unpaired) electrons. The van der Waals surface area contributed by atoms with Crippen LogP contribution in [0, 0.1) is 5.92 Å². The standard InChI is InChI=1S/C25H34N6O8/c1-3-12(2)21(27)24(37)30-16(8-13-11-28-15-7-5-4-6-14(13)15)22(35)29-17(9-19(26)32)23(36)31-18(25(38)39)10-20(33)34/h4-7,11-12,16-18,21,28H,3,8-10,27H2,1-2H3,(H2,26,32)(H,29,35)(H,30,37)(H,31,36)(H,33,34)(H,38,39). The van der Waals surface area contributed by atoms with Crippen LogP contribution >= 0.6 is 0 Å². The van der Waals surface area contributed by atoms with Gasteiger partial charge in [-0.2, -0.15) is 0 Å². The number of rotatable bonds is 15. The molecular weight excluding hydrogens is 512 g/mol. The number of carbonyl (C=O) groups is 6. The average Bonchev–Trinajstić information content (AvgIpc) is 3.28. The van der Waals surface area contributed by atoms with Crippen LogP contribution in [0.1, 0.15) is 38.7 Å². The molecule has 2 rings (SSSR count). The molecule has 0 fully saturated rings. The summed E-state index contributed by atoms with van der Waals surface area (Å²) in [5, 5.41) is 25.9. The van der Waals surface area contributed by atoms with E-state index in [1.165, 1.54) is 0 Å². The van der Waals surface area contributed by atoms with Crippen molar-refractivity contribution in [2.75, 3.05) is 0 Å². The Morgan fingerprint density at radius 3 is 2.08 bits per heavy atom. The van der Waals surface area contributed by atoms with Gasteiger partial charge >= 0.3 is 11.9 Å². The molecule has 0 spiro atoms. The van der Waals surface area contributed by atoms with Gasteiger partial charge in [-0.25, -0.2) is 4.79 Å². The fourth-order valence-corrected chi connectivity index (χ4v) is 3.84. The maximum atomic E-state index is 13.4. The topological polar surface area (TPSA) is 247 Å². The van der Waals surface area contributed by atoms with Crippen LogP contribution in [0.3, 0.4) is 0 Å². The number of aliphatic carboxylic acids is 2. The predicted octanol–water partition coefficient (Wildman–Crippen LogP) is -1.03. The van der Waals surface area contributed by atoms with E-state index >= 15 is 0 Å². The number of nitrogens with two attached hydrogens (primary N) is 2. The summed E-state index contributed by atoms with van der Waals surface area (Å²) in [5.74, 6) is -6.90. The highest BCUT2D eigenvalue weighted by molar-refractivity contribution is 5.97. The van der Waals surface area contributed by atoms with Crippen molar-refractivity contribution in [2.24, 2.45) is 17.4 Å². The Hall–Kier alpha value is -4.46. The molecule has 0 aliphatic rings. The number of hydrogen-bond donors (Lipinski definition) is 8. The SMILES string of the molecule is CCC(C)C(N)C(=O)NC(Cc1c[nH]c2ccccc12)C(=O)NC(CC(N)=O)C(=O)NC(CC(=O)O)C(=O)O. The number of carbonyl (C=O) groups excluding carboxylic acids is 4. The van der Waals surface area contributed by atoms with Crippen LogP contribution in [0.4, 0.5) is 0 Å². The van der Waals surface area contributed by atoms with Crippen molar-refractivity contribution in [1.29, 1.82) is 0 Å². The first-order valence-corrected chi connectivity index (χ1v) is 12.3. The maximum absolute atomic E-state index is 13.4. The third kappa shape index (κ3) is 8.81. The Morgan fingerprint density at radius 1 is 0.897 bits per heavy atom. The zero-order chi connectivity index (χ0) is 29.3. The van der Waals surface area contributed by atoms with Gasteiger partial charge in [-0.15, -0.1) is 0 Å². The lowest BCUT2D eigenvalue weighted by Crippen LogP contribution is -2.58. The van der Waals surface area contributed by atoms with Crippen molar-refractivity contribution in [3.63, 3.8) is 0 Å². The molecule has 1 heterocycles. The van der Waals surface area contributed by atoms with E-state index in [9.17, 15) is 33.9 Å². The van der Waals surface area contributed by atoms with Crippen molar-refractivity contribution >= 4 is 46.5 Å². The number of H-pyrrole nitrogens is 1. The minimum Gasteiger partial charge on any atom is -0.481 e. The van der Waals surface area contributed by atoms with E-state index in [2.05, 4.69) is 15.6 Å². The van der Waals surface area contributed by atoms with Gasteiger partial charge in [0.1, 0.15) is 18.1 Å². The van der Waals surface area contributed by atoms with Crippen LogP contribution in [-0.4, -0.2) is 74.9 Å². The lowest BCUT2D eigenvalue weighted by Gasteiger charge is -2.25. The summed E-state index contributed by atoms with van der Waals surface area (Å²) in [6.45, 7) is 3.64. The number of aromatic nitrogens is 1. The summed E-state index contributed by atoms with van der Waals surface area (Å²) < 4.78 is 0. The third-order valence-electron chi connectivity index (χ3n) is 6.32. The number of para-hydroxylation sites is 1. The van der Waals surface area contributed by atoms with Gasteiger partial charge in [0.25, 0.3) is 0 Å². The minimum absolute atomic E-state index is 0.0174. The first kappa shape index (κ1) is 30.8. The molecule has 14 nitrogen and oxygen atoms in total. The van der Waals surface area contributed by atoms with Crippen LogP contribution < -0.4 is 27.4 Å². The average molecular weight is 547 g/mol. The first-order valence-electron chi connectivity index (χ1n) is 12.3. The molecule has 2 aromatic rings. The van der Waals surface area contributed by atoms with E-state index in [1.807, 2.05) is 30.4 Å². The fourth-order valence-electron chi connectivity index (χ4n) is 3.84. The molecule has 0 aliphatic heterocycles. The van der Waals surface area contributed by atoms with E-state index in [-0.39, 0.29) is 12.3 Å². The van der Waals surface area contributed by atoms with Crippen molar-refractivity contribution in [2.45, 2.75) is 63.7 Å². The number of carboxylic acid groups (broad SMARTS) is 2. The summed E-state index contributed by atoms with van der Waals surface area (Å²) in [7, 11) is 0. The smallest absolute Gasteiger partial charge is 0.326 e. The van der Waals surface area contributed by atoms with E-state index in [0.29, 0.717) is 12.0 Å². The Morgan fingerprint density at radius 2 is 1.49 bits per heavy atom. The molecule has 5 unspecified atom stereocenters. The van der Waals surface area contributed by atoms with E-state index in [1.54, 1.807) is 19.2 Å². The van der Waals surface area contributed by atoms with Crippen LogP contribution in [0.15, 0.2) is 30.5 Å². The normalized spacial score (nSPS) is 14.8. The number of primary amides is 1. The molecule has 0 saturated heterocycles. The van der Waals surface area contributed by atoms with E-state index < -0.39 is 72.6 Å². The summed E-state index contributed by atoms with van der Waals surface area (Å²) in [4.78, 5) is 76.1. The highest BCUT2D eigenvalue weighted by atomic mass is 16.4. The predicted molar refractivity (Wildman–Crippen MR) is 139 cm³/mol. The second-order valence-electron chi connectivity index (χ2n) is 9.26. The lowest BCUT2D eigenvalue weighted by molar-refractivity contribution is -0.147. The fraction of sp³-hybridized carbons (Fsp3) is 0.440. The quantitative estimate of drug-likeness (QED) is 0.136. The summed E-state index contributed by atoms with van der Waals surface area (Å²) in [6, 6.07) is 1.63. The maximum Gasteiger partial charge on any atom is 0.326 e. The zero-order valence-corrected chi connectivity index (χ0v) is 21.6. The molecule has 4 amide bonds. The number of nitrogens with one attached hydrogen (secondary N) is 4. The molecular formula is C25H34N6O8. The molecule has 39 heavy (non-hydrogen) atoms. The minimum atomic E-state index is -1.82. The van der Waals surface area contributed by atoms with Gasteiger partial charge < -0.3 is 42.6 Å². The molecule has 212 valence electrons. The molecule has 14 heteroatoms. The van der Waals surface area contributed by atoms with Gasteiger partial charge in [-0.05, 0) is 17.5 Å². The van der Waals surface area contributed by atoms with E-state index in [4.69, 9.17) is 16.6 Å². The van der Waals surface area contributed by atoms with Gasteiger partial charge in [-0.1, -0.05) is 38.5 Å². The van der Waals surface area contributed by atoms with Crippen LogP contribution in [0.2, 0.25) is 0 Å². The summed E-state index contributed by atoms with van der Waals surface area (Å²) in [6.07, 6.45) is 0.608. The van der Waals surface area contributed by atoms with Crippen LogP contribution in [0.5, 0.6) is 0 Å². The number of fused-ring (bicyclic) bond motifs is 1. The largest absolute Gasteiger partial charge is 0.481 e. The second-order valence-corrected chi connectivity index (χ2v) is 9.26. The molecule has 0 bridgehead atoms. The Balaban J connectivity index is 2.33. The van der Waals surface area contributed by atoms with Crippen molar-refractivity contribution in [1.82, 2.24) is 20.9 Å². The van der Waals surface area contributed by atoms with Crippen molar-refractivity contribution in [3.05, 3.63) is 36.0 Å². The van der Waals surface area contributed by atoms with Gasteiger partial charge in [0.05, 0.1) is 18.9 Å². The highest BCUT2D eigenvalue weighted by Gasteiger charge is 2.33. The van der Waals surface area contributed by atoms with Crippen LogP contribution in [0.25, 0.3) is 10.9 Å². The summed E-state index contributed by atoms with van der Waals surface area (Å²) >= 11 is 0. The first-order chi connectivity index (χ1) is 18.3. The van der Waals surface area contributed by atoms with Crippen LogP contribution in [-0.2, 0) is 35.2 Å².